The summed E-state index contributed by atoms with van der Waals surface area (Å²) in [5, 5.41) is 0. The minimum absolute atomic E-state index is 0.105. The van der Waals surface area contributed by atoms with E-state index in [9.17, 15) is 14.0 Å². The summed E-state index contributed by atoms with van der Waals surface area (Å²) in [4.78, 5) is 27.7. The number of anilines is 1. The van der Waals surface area contributed by atoms with E-state index in [4.69, 9.17) is 4.74 Å². The number of carbonyl (C=O) groups excluding carboxylic acids is 2. The standard InChI is InChI=1S/C21H23FN4O3S/c1-23-30-24-17-5-2-4-16(20(17)22)13-26-12-15-8-7-14(10-18(15)29-21(26)28)11-25-9-3-6-19(25)27/h2,4-5,7-8,10,23-24H,3,6,9,11-13H2,1H3. The number of benzene rings is 2. The van der Waals surface area contributed by atoms with Crippen molar-refractivity contribution < 1.29 is 18.7 Å². The molecule has 0 bridgehead atoms. The Labute approximate surface area is 178 Å². The molecule has 0 saturated carbocycles. The fourth-order valence-electron chi connectivity index (χ4n) is 3.66. The van der Waals surface area contributed by atoms with Crippen molar-refractivity contribution in [2.24, 2.45) is 0 Å². The molecule has 2 heterocycles. The molecule has 4 rings (SSSR count). The van der Waals surface area contributed by atoms with Gasteiger partial charge in [0.05, 0.1) is 18.8 Å². The molecule has 2 N–H and O–H groups in total. The molecule has 2 aromatic carbocycles. The van der Waals surface area contributed by atoms with Gasteiger partial charge in [-0.25, -0.2) is 13.9 Å². The maximum atomic E-state index is 14.7. The van der Waals surface area contributed by atoms with Gasteiger partial charge < -0.3 is 14.4 Å². The SMILES string of the molecule is CNSNc1cccc(CN2Cc3ccc(CN4CCCC4=O)cc3OC2=O)c1F. The van der Waals surface area contributed by atoms with Gasteiger partial charge in [-0.15, -0.1) is 0 Å². The van der Waals surface area contributed by atoms with E-state index in [-0.39, 0.29) is 12.5 Å². The zero-order chi connectivity index (χ0) is 21.1. The van der Waals surface area contributed by atoms with E-state index in [1.807, 2.05) is 23.1 Å². The first kappa shape index (κ1) is 20.5. The van der Waals surface area contributed by atoms with Crippen LogP contribution in [0.1, 0.15) is 29.5 Å². The molecule has 2 aromatic rings. The van der Waals surface area contributed by atoms with Gasteiger partial charge in [-0.1, -0.05) is 24.3 Å². The third-order valence-electron chi connectivity index (χ3n) is 5.20. The number of halogens is 1. The van der Waals surface area contributed by atoms with Crippen LogP contribution < -0.4 is 14.2 Å². The van der Waals surface area contributed by atoms with Crippen molar-refractivity contribution in [3.8, 4) is 5.75 Å². The summed E-state index contributed by atoms with van der Waals surface area (Å²) < 4.78 is 26.0. The second-order valence-electron chi connectivity index (χ2n) is 7.27. The lowest BCUT2D eigenvalue weighted by Gasteiger charge is -2.29. The molecule has 7 nitrogen and oxygen atoms in total. The Hall–Kier alpha value is -2.78. The second-order valence-corrected chi connectivity index (χ2v) is 8.09. The van der Waals surface area contributed by atoms with Crippen molar-refractivity contribution in [1.82, 2.24) is 14.5 Å². The quantitative estimate of drug-likeness (QED) is 0.653. The Morgan fingerprint density at radius 3 is 2.80 bits per heavy atom. The van der Waals surface area contributed by atoms with Gasteiger partial charge in [-0.05, 0) is 31.2 Å². The highest BCUT2D eigenvalue weighted by molar-refractivity contribution is 7.98. The monoisotopic (exact) mass is 430 g/mol. The highest BCUT2D eigenvalue weighted by atomic mass is 32.2. The first-order valence-electron chi connectivity index (χ1n) is 9.77. The maximum Gasteiger partial charge on any atom is 0.415 e. The van der Waals surface area contributed by atoms with Gasteiger partial charge in [0.1, 0.15) is 5.75 Å². The van der Waals surface area contributed by atoms with E-state index in [0.29, 0.717) is 36.5 Å². The van der Waals surface area contributed by atoms with Gasteiger partial charge in [-0.3, -0.25) is 9.69 Å². The van der Waals surface area contributed by atoms with Crippen LogP contribution in [-0.2, 0) is 24.4 Å². The van der Waals surface area contributed by atoms with Crippen LogP contribution in [0, 0.1) is 5.82 Å². The second kappa shape index (κ2) is 8.93. The lowest BCUT2D eigenvalue weighted by Crippen LogP contribution is -2.36. The topological polar surface area (TPSA) is 73.9 Å². The molecule has 2 aliphatic heterocycles. The van der Waals surface area contributed by atoms with Crippen LogP contribution in [0.2, 0.25) is 0 Å². The van der Waals surface area contributed by atoms with Crippen LogP contribution in [0.25, 0.3) is 0 Å². The molecule has 2 amide bonds. The largest absolute Gasteiger partial charge is 0.415 e. The van der Waals surface area contributed by atoms with Crippen LogP contribution in [0.5, 0.6) is 5.75 Å². The fourth-order valence-corrected chi connectivity index (χ4v) is 4.03. The predicted molar refractivity (Wildman–Crippen MR) is 113 cm³/mol. The minimum atomic E-state index is -0.515. The molecule has 0 aliphatic carbocycles. The fraction of sp³-hybridized carbons (Fsp3) is 0.333. The Kier molecular flexibility index (Phi) is 6.10. The summed E-state index contributed by atoms with van der Waals surface area (Å²) >= 11 is 1.16. The summed E-state index contributed by atoms with van der Waals surface area (Å²) in [5.74, 6) is 0.258. The summed E-state index contributed by atoms with van der Waals surface area (Å²) in [5.41, 5.74) is 2.53. The van der Waals surface area contributed by atoms with Crippen molar-refractivity contribution in [1.29, 1.82) is 0 Å². The zero-order valence-electron chi connectivity index (χ0n) is 16.6. The predicted octanol–water partition coefficient (Wildman–Crippen LogP) is 3.66. The Balaban J connectivity index is 1.46. The number of ether oxygens (including phenoxy) is 1. The Bertz CT molecular complexity index is 971. The van der Waals surface area contributed by atoms with E-state index in [1.54, 1.807) is 25.2 Å². The molecule has 158 valence electrons. The van der Waals surface area contributed by atoms with Crippen LogP contribution >= 0.6 is 12.1 Å². The summed E-state index contributed by atoms with van der Waals surface area (Å²) in [6.07, 6.45) is 0.962. The van der Waals surface area contributed by atoms with Crippen LogP contribution in [0.3, 0.4) is 0 Å². The summed E-state index contributed by atoms with van der Waals surface area (Å²) in [7, 11) is 1.73. The molecule has 0 spiro atoms. The van der Waals surface area contributed by atoms with E-state index < -0.39 is 11.9 Å². The maximum absolute atomic E-state index is 14.7. The Morgan fingerprint density at radius 1 is 1.17 bits per heavy atom. The smallest absolute Gasteiger partial charge is 0.410 e. The van der Waals surface area contributed by atoms with Gasteiger partial charge in [0.25, 0.3) is 0 Å². The highest BCUT2D eigenvalue weighted by Gasteiger charge is 2.27. The number of rotatable bonds is 7. The summed E-state index contributed by atoms with van der Waals surface area (Å²) in [6.45, 7) is 1.71. The Morgan fingerprint density at radius 2 is 2.03 bits per heavy atom. The number of amides is 2. The van der Waals surface area contributed by atoms with E-state index in [2.05, 4.69) is 9.44 Å². The highest BCUT2D eigenvalue weighted by Crippen LogP contribution is 2.30. The minimum Gasteiger partial charge on any atom is -0.410 e. The van der Waals surface area contributed by atoms with Crippen LogP contribution in [-0.4, -0.2) is 35.4 Å². The average Bonchev–Trinajstić information content (AvgIpc) is 3.13. The van der Waals surface area contributed by atoms with Gasteiger partial charge in [0.15, 0.2) is 5.82 Å². The van der Waals surface area contributed by atoms with Gasteiger partial charge in [-0.2, -0.15) is 0 Å². The first-order valence-corrected chi connectivity index (χ1v) is 10.6. The number of nitrogens with one attached hydrogen (secondary N) is 2. The third-order valence-corrected chi connectivity index (χ3v) is 5.72. The van der Waals surface area contributed by atoms with Crippen molar-refractivity contribution in [3.63, 3.8) is 0 Å². The lowest BCUT2D eigenvalue weighted by molar-refractivity contribution is -0.128. The molecule has 0 aromatic heterocycles. The number of nitrogens with zero attached hydrogens (tertiary/aromatic N) is 2. The number of carbonyl (C=O) groups is 2. The summed E-state index contributed by atoms with van der Waals surface area (Å²) in [6, 6.07) is 10.7. The molecule has 0 radical (unpaired) electrons. The first-order chi connectivity index (χ1) is 14.5. The molecule has 0 unspecified atom stereocenters. The molecule has 30 heavy (non-hydrogen) atoms. The van der Waals surface area contributed by atoms with Crippen LogP contribution in [0.4, 0.5) is 14.9 Å². The molecule has 0 atom stereocenters. The van der Waals surface area contributed by atoms with Crippen molar-refractivity contribution in [3.05, 3.63) is 58.9 Å². The van der Waals surface area contributed by atoms with E-state index in [1.165, 1.54) is 4.90 Å². The number of likely N-dealkylation sites (tertiary alicyclic amines) is 1. The molecule has 2 aliphatic rings. The molecular weight excluding hydrogens is 407 g/mol. The average molecular weight is 431 g/mol. The normalized spacial score (nSPS) is 15.9. The van der Waals surface area contributed by atoms with Gasteiger partial charge in [0, 0.05) is 42.8 Å². The molecule has 1 saturated heterocycles. The van der Waals surface area contributed by atoms with E-state index >= 15 is 0 Å². The van der Waals surface area contributed by atoms with E-state index in [0.717, 1.165) is 36.2 Å². The molecular formula is C21H23FN4O3S. The van der Waals surface area contributed by atoms with Crippen molar-refractivity contribution in [2.75, 3.05) is 18.3 Å². The van der Waals surface area contributed by atoms with Crippen LogP contribution in [0.15, 0.2) is 36.4 Å². The van der Waals surface area contributed by atoms with Gasteiger partial charge >= 0.3 is 6.09 Å². The number of hydrogen-bond acceptors (Lipinski definition) is 6. The van der Waals surface area contributed by atoms with Crippen molar-refractivity contribution in [2.45, 2.75) is 32.5 Å². The molecule has 1 fully saturated rings. The zero-order valence-corrected chi connectivity index (χ0v) is 17.4. The third kappa shape index (κ3) is 4.36. The number of hydrogen-bond donors (Lipinski definition) is 2. The number of fused-ring (bicyclic) bond motifs is 1. The van der Waals surface area contributed by atoms with Gasteiger partial charge in [0.2, 0.25) is 5.91 Å². The van der Waals surface area contributed by atoms with Crippen molar-refractivity contribution >= 4 is 29.8 Å². The lowest BCUT2D eigenvalue weighted by atomic mass is 10.1. The molecule has 9 heteroatoms.